The Bertz CT molecular complexity index is 1210. The molecule has 0 radical (unpaired) electrons. The Morgan fingerprint density at radius 1 is 1.19 bits per heavy atom. The van der Waals surface area contributed by atoms with Crippen LogP contribution in [0.5, 0.6) is 0 Å². The molecule has 1 aromatic carbocycles. The van der Waals surface area contributed by atoms with Gasteiger partial charge < -0.3 is 14.8 Å². The van der Waals surface area contributed by atoms with E-state index in [0.717, 1.165) is 16.0 Å². The Morgan fingerprint density at radius 3 is 2.50 bits per heavy atom. The second-order valence-corrected chi connectivity index (χ2v) is 7.94. The van der Waals surface area contributed by atoms with Crippen LogP contribution in [0.1, 0.15) is 57.0 Å². The average molecular weight is 458 g/mol. The number of carbonyl (C=O) groups excluding carboxylic acids is 3. The number of nitrogens with one attached hydrogen (secondary N) is 2. The molecular formula is C21H22N4O6S. The van der Waals surface area contributed by atoms with E-state index in [9.17, 15) is 19.2 Å². The zero-order valence-electron chi connectivity index (χ0n) is 17.9. The van der Waals surface area contributed by atoms with Crippen LogP contribution in [0.4, 0.5) is 5.00 Å². The summed E-state index contributed by atoms with van der Waals surface area (Å²) >= 11 is 0.887. The minimum absolute atomic E-state index is 0.0470. The normalized spacial score (nSPS) is 10.8. The molecule has 0 atom stereocenters. The predicted octanol–water partition coefficient (Wildman–Crippen LogP) is 2.92. The number of carbonyl (C=O) groups is 3. The Labute approximate surface area is 187 Å². The van der Waals surface area contributed by atoms with Gasteiger partial charge in [0.25, 0.3) is 5.91 Å². The van der Waals surface area contributed by atoms with Gasteiger partial charge in [0.15, 0.2) is 0 Å². The van der Waals surface area contributed by atoms with Crippen LogP contribution in [0, 0.1) is 6.92 Å². The fourth-order valence-electron chi connectivity index (χ4n) is 2.85. The molecule has 0 aliphatic carbocycles. The maximum absolute atomic E-state index is 12.8. The second-order valence-electron chi connectivity index (χ2n) is 6.92. The third-order valence-corrected chi connectivity index (χ3v) is 5.40. The molecule has 1 amide bonds. The number of nitrogens with zero attached hydrogens (tertiary/aromatic N) is 2. The molecule has 0 saturated carbocycles. The summed E-state index contributed by atoms with van der Waals surface area (Å²) < 4.78 is 11.4. The van der Waals surface area contributed by atoms with Gasteiger partial charge in [0.2, 0.25) is 5.82 Å². The van der Waals surface area contributed by atoms with Crippen molar-refractivity contribution < 1.29 is 23.9 Å². The first-order chi connectivity index (χ1) is 15.2. The summed E-state index contributed by atoms with van der Waals surface area (Å²) in [7, 11) is 0. The van der Waals surface area contributed by atoms with Gasteiger partial charge in [-0.05, 0) is 45.4 Å². The van der Waals surface area contributed by atoms with Crippen LogP contribution in [-0.4, -0.2) is 45.3 Å². The number of benzene rings is 1. The van der Waals surface area contributed by atoms with Gasteiger partial charge in [0.1, 0.15) is 9.88 Å². The summed E-state index contributed by atoms with van der Waals surface area (Å²) in [6, 6.07) is 8.57. The Kier molecular flexibility index (Phi) is 6.89. The number of thiophene rings is 1. The van der Waals surface area contributed by atoms with Gasteiger partial charge >= 0.3 is 17.6 Å². The average Bonchev–Trinajstić information content (AvgIpc) is 3.28. The third kappa shape index (κ3) is 4.78. The summed E-state index contributed by atoms with van der Waals surface area (Å²) in [5, 5.41) is 6.67. The first-order valence-electron chi connectivity index (χ1n) is 9.80. The number of ether oxygens (including phenoxy) is 2. The van der Waals surface area contributed by atoms with Crippen molar-refractivity contribution in [2.45, 2.75) is 33.8 Å². The van der Waals surface area contributed by atoms with Crippen molar-refractivity contribution in [3.8, 4) is 5.69 Å². The quantitative estimate of drug-likeness (QED) is 0.520. The minimum Gasteiger partial charge on any atom is -0.462 e. The first kappa shape index (κ1) is 22.9. The van der Waals surface area contributed by atoms with E-state index in [1.165, 1.54) is 0 Å². The molecule has 0 spiro atoms. The van der Waals surface area contributed by atoms with Crippen molar-refractivity contribution in [3.05, 3.63) is 62.6 Å². The van der Waals surface area contributed by atoms with Crippen molar-refractivity contribution in [2.75, 3.05) is 11.9 Å². The summed E-state index contributed by atoms with van der Waals surface area (Å²) in [4.78, 5) is 52.5. The zero-order chi connectivity index (χ0) is 23.4. The standard InChI is InChI=1S/C21H22N4O6S/c1-5-30-19(27)14-12(4)15(20(28)31-11(2)3)32-18(14)23-17(26)16-22-21(29)25(24-16)13-9-7-6-8-10-13/h6-11H,5H2,1-4H3,(H,23,26)(H,22,24,29). The van der Waals surface area contributed by atoms with Gasteiger partial charge in [-0.15, -0.1) is 16.4 Å². The predicted molar refractivity (Wildman–Crippen MR) is 118 cm³/mol. The molecule has 2 N–H and O–H groups in total. The van der Waals surface area contributed by atoms with Crippen LogP contribution < -0.4 is 11.0 Å². The number of para-hydroxylation sites is 1. The highest BCUT2D eigenvalue weighted by Crippen LogP contribution is 2.34. The van der Waals surface area contributed by atoms with E-state index in [1.807, 2.05) is 0 Å². The molecule has 0 unspecified atom stereocenters. The number of aromatic amines is 1. The summed E-state index contributed by atoms with van der Waals surface area (Å²) in [6.45, 7) is 6.74. The number of aromatic nitrogens is 3. The molecular weight excluding hydrogens is 436 g/mol. The summed E-state index contributed by atoms with van der Waals surface area (Å²) in [5.74, 6) is -2.32. The number of hydrogen-bond acceptors (Lipinski definition) is 8. The molecule has 32 heavy (non-hydrogen) atoms. The van der Waals surface area contributed by atoms with Crippen LogP contribution in [0.3, 0.4) is 0 Å². The summed E-state index contributed by atoms with van der Waals surface area (Å²) in [6.07, 6.45) is -0.361. The number of esters is 2. The van der Waals surface area contributed by atoms with Gasteiger partial charge in [-0.3, -0.25) is 9.78 Å². The van der Waals surface area contributed by atoms with Crippen LogP contribution in [0.15, 0.2) is 35.1 Å². The molecule has 3 aromatic rings. The Hall–Kier alpha value is -3.73. The number of hydrogen-bond donors (Lipinski definition) is 2. The van der Waals surface area contributed by atoms with E-state index < -0.39 is 23.5 Å². The number of anilines is 1. The maximum Gasteiger partial charge on any atom is 0.348 e. The second kappa shape index (κ2) is 9.60. The lowest BCUT2D eigenvalue weighted by molar-refractivity contribution is 0.0383. The summed E-state index contributed by atoms with van der Waals surface area (Å²) in [5.41, 5.74) is 0.254. The molecule has 3 rings (SSSR count). The van der Waals surface area contributed by atoms with E-state index in [-0.39, 0.29) is 34.0 Å². The van der Waals surface area contributed by atoms with Crippen molar-refractivity contribution in [2.24, 2.45) is 0 Å². The topological polar surface area (TPSA) is 132 Å². The van der Waals surface area contributed by atoms with Crippen molar-refractivity contribution in [3.63, 3.8) is 0 Å². The largest absolute Gasteiger partial charge is 0.462 e. The van der Waals surface area contributed by atoms with E-state index in [1.54, 1.807) is 58.0 Å². The fraction of sp³-hybridized carbons (Fsp3) is 0.286. The van der Waals surface area contributed by atoms with Crippen LogP contribution >= 0.6 is 11.3 Å². The molecule has 11 heteroatoms. The SMILES string of the molecule is CCOC(=O)c1c(NC(=O)c2nn(-c3ccccc3)c(=O)[nH]2)sc(C(=O)OC(C)C)c1C. The van der Waals surface area contributed by atoms with E-state index in [4.69, 9.17) is 9.47 Å². The number of amides is 1. The van der Waals surface area contributed by atoms with Gasteiger partial charge in [0, 0.05) is 0 Å². The van der Waals surface area contributed by atoms with Gasteiger partial charge in [-0.1, -0.05) is 18.2 Å². The molecule has 2 heterocycles. The minimum atomic E-state index is -0.757. The Morgan fingerprint density at radius 2 is 1.88 bits per heavy atom. The van der Waals surface area contributed by atoms with Crippen molar-refractivity contribution in [1.29, 1.82) is 0 Å². The van der Waals surface area contributed by atoms with Crippen LogP contribution in [0.25, 0.3) is 5.69 Å². The molecule has 0 saturated heterocycles. The lowest BCUT2D eigenvalue weighted by Crippen LogP contribution is -2.17. The maximum atomic E-state index is 12.8. The van der Waals surface area contributed by atoms with E-state index in [0.29, 0.717) is 11.3 Å². The lowest BCUT2D eigenvalue weighted by Gasteiger charge is -2.07. The monoisotopic (exact) mass is 458 g/mol. The fourth-order valence-corrected chi connectivity index (χ4v) is 3.92. The van der Waals surface area contributed by atoms with Gasteiger partial charge in [-0.25, -0.2) is 14.4 Å². The number of rotatable bonds is 7. The van der Waals surface area contributed by atoms with Crippen molar-refractivity contribution in [1.82, 2.24) is 14.8 Å². The van der Waals surface area contributed by atoms with Crippen molar-refractivity contribution >= 4 is 34.2 Å². The molecule has 0 aliphatic rings. The van der Waals surface area contributed by atoms with E-state index in [2.05, 4.69) is 15.4 Å². The molecule has 168 valence electrons. The lowest BCUT2D eigenvalue weighted by atomic mass is 10.1. The van der Waals surface area contributed by atoms with Crippen LogP contribution in [-0.2, 0) is 9.47 Å². The molecule has 2 aromatic heterocycles. The Balaban J connectivity index is 1.95. The van der Waals surface area contributed by atoms with E-state index >= 15 is 0 Å². The molecule has 0 aliphatic heterocycles. The highest BCUT2D eigenvalue weighted by Gasteiger charge is 2.28. The van der Waals surface area contributed by atoms with Gasteiger partial charge in [0.05, 0.1) is 24.0 Å². The molecule has 0 bridgehead atoms. The zero-order valence-corrected chi connectivity index (χ0v) is 18.7. The van der Waals surface area contributed by atoms with Crippen LogP contribution in [0.2, 0.25) is 0 Å². The number of H-pyrrole nitrogens is 1. The third-order valence-electron chi connectivity index (χ3n) is 4.22. The first-order valence-corrected chi connectivity index (χ1v) is 10.6. The smallest absolute Gasteiger partial charge is 0.348 e. The highest BCUT2D eigenvalue weighted by molar-refractivity contribution is 7.18. The molecule has 10 nitrogen and oxygen atoms in total. The molecule has 0 fully saturated rings. The highest BCUT2D eigenvalue weighted by atomic mass is 32.1. The van der Waals surface area contributed by atoms with Gasteiger partial charge in [-0.2, -0.15) is 4.68 Å².